The SMILES string of the molecule is COc1ccccc1NCC(=O)NNC(=O)c1ccc([N+](=O)[O-])c(C)c1. The first-order chi connectivity index (χ1) is 12.4. The van der Waals surface area contributed by atoms with E-state index < -0.39 is 16.7 Å². The Morgan fingerprint density at radius 3 is 2.54 bits per heavy atom. The lowest BCUT2D eigenvalue weighted by atomic mass is 10.1. The Morgan fingerprint density at radius 1 is 1.15 bits per heavy atom. The van der Waals surface area contributed by atoms with E-state index in [4.69, 9.17) is 4.74 Å². The fourth-order valence-electron chi connectivity index (χ4n) is 2.21. The highest BCUT2D eigenvalue weighted by Gasteiger charge is 2.14. The van der Waals surface area contributed by atoms with E-state index >= 15 is 0 Å². The van der Waals surface area contributed by atoms with Gasteiger partial charge in [0.05, 0.1) is 24.3 Å². The van der Waals surface area contributed by atoms with Crippen molar-refractivity contribution in [1.82, 2.24) is 10.9 Å². The molecule has 0 bridgehead atoms. The number of carbonyl (C=O) groups excluding carboxylic acids is 2. The van der Waals surface area contributed by atoms with Crippen LogP contribution in [0.25, 0.3) is 0 Å². The third kappa shape index (κ3) is 4.69. The Balaban J connectivity index is 1.88. The minimum atomic E-state index is -0.575. The number of carbonyl (C=O) groups is 2. The molecule has 2 rings (SSSR count). The molecule has 0 spiro atoms. The van der Waals surface area contributed by atoms with Crippen molar-refractivity contribution >= 4 is 23.2 Å². The van der Waals surface area contributed by atoms with Gasteiger partial charge in [-0.05, 0) is 31.2 Å². The maximum Gasteiger partial charge on any atom is 0.272 e. The predicted octanol–water partition coefficient (Wildman–Crippen LogP) is 1.78. The van der Waals surface area contributed by atoms with Crippen LogP contribution in [0.15, 0.2) is 42.5 Å². The molecule has 0 heterocycles. The van der Waals surface area contributed by atoms with Gasteiger partial charge in [0.25, 0.3) is 17.5 Å². The van der Waals surface area contributed by atoms with E-state index in [1.165, 1.54) is 32.2 Å². The monoisotopic (exact) mass is 358 g/mol. The highest BCUT2D eigenvalue weighted by molar-refractivity contribution is 5.96. The lowest BCUT2D eigenvalue weighted by Crippen LogP contribution is -2.44. The maximum absolute atomic E-state index is 12.0. The van der Waals surface area contributed by atoms with Crippen LogP contribution in [0.4, 0.5) is 11.4 Å². The average molecular weight is 358 g/mol. The molecule has 26 heavy (non-hydrogen) atoms. The van der Waals surface area contributed by atoms with Gasteiger partial charge in [0.15, 0.2) is 0 Å². The number of hydrogen-bond acceptors (Lipinski definition) is 6. The Morgan fingerprint density at radius 2 is 1.88 bits per heavy atom. The first-order valence-electron chi connectivity index (χ1n) is 7.63. The smallest absolute Gasteiger partial charge is 0.272 e. The molecular formula is C17H18N4O5. The molecule has 9 heteroatoms. The number of hydrogen-bond donors (Lipinski definition) is 3. The van der Waals surface area contributed by atoms with Gasteiger partial charge in [-0.25, -0.2) is 0 Å². The van der Waals surface area contributed by atoms with Crippen LogP contribution in [0.1, 0.15) is 15.9 Å². The van der Waals surface area contributed by atoms with Crippen LogP contribution in [0.2, 0.25) is 0 Å². The molecule has 0 aliphatic rings. The van der Waals surface area contributed by atoms with Gasteiger partial charge in [-0.3, -0.25) is 30.6 Å². The molecule has 0 saturated carbocycles. The molecule has 0 aliphatic heterocycles. The van der Waals surface area contributed by atoms with Gasteiger partial charge in [-0.1, -0.05) is 12.1 Å². The number of methoxy groups -OCH3 is 1. The lowest BCUT2D eigenvalue weighted by Gasteiger charge is -2.11. The number of benzene rings is 2. The highest BCUT2D eigenvalue weighted by atomic mass is 16.6. The Kier molecular flexibility index (Phi) is 6.10. The quantitative estimate of drug-likeness (QED) is 0.534. The van der Waals surface area contributed by atoms with Crippen LogP contribution >= 0.6 is 0 Å². The van der Waals surface area contributed by atoms with E-state index in [9.17, 15) is 19.7 Å². The number of para-hydroxylation sites is 2. The fourth-order valence-corrected chi connectivity index (χ4v) is 2.21. The van der Waals surface area contributed by atoms with Crippen LogP contribution in [0.5, 0.6) is 5.75 Å². The number of ether oxygens (including phenoxy) is 1. The lowest BCUT2D eigenvalue weighted by molar-refractivity contribution is -0.385. The second-order valence-corrected chi connectivity index (χ2v) is 5.31. The molecule has 0 radical (unpaired) electrons. The number of nitro benzene ring substituents is 1. The van der Waals surface area contributed by atoms with Crippen molar-refractivity contribution in [1.29, 1.82) is 0 Å². The van der Waals surface area contributed by atoms with Crippen molar-refractivity contribution in [2.45, 2.75) is 6.92 Å². The number of hydrazine groups is 1. The fraction of sp³-hybridized carbons (Fsp3) is 0.176. The molecule has 0 unspecified atom stereocenters. The molecule has 3 N–H and O–H groups in total. The van der Waals surface area contributed by atoms with Crippen molar-refractivity contribution < 1.29 is 19.2 Å². The van der Waals surface area contributed by atoms with E-state index in [2.05, 4.69) is 16.2 Å². The molecule has 0 saturated heterocycles. The van der Waals surface area contributed by atoms with E-state index in [1.54, 1.807) is 24.3 Å². The molecular weight excluding hydrogens is 340 g/mol. The van der Waals surface area contributed by atoms with Crippen molar-refractivity contribution in [3.63, 3.8) is 0 Å². The zero-order valence-corrected chi connectivity index (χ0v) is 14.2. The number of aryl methyl sites for hydroxylation is 1. The van der Waals surface area contributed by atoms with Crippen LogP contribution < -0.4 is 20.9 Å². The summed E-state index contributed by atoms with van der Waals surface area (Å²) in [6, 6.07) is 11.0. The molecule has 0 fully saturated rings. The number of nitro groups is 1. The van der Waals surface area contributed by atoms with Gasteiger partial charge in [0, 0.05) is 17.2 Å². The zero-order valence-electron chi connectivity index (χ0n) is 14.2. The third-order valence-electron chi connectivity index (χ3n) is 3.52. The van der Waals surface area contributed by atoms with Crippen molar-refractivity contribution in [2.24, 2.45) is 0 Å². The number of nitrogens with one attached hydrogen (secondary N) is 3. The summed E-state index contributed by atoms with van der Waals surface area (Å²) in [4.78, 5) is 34.1. The molecule has 2 aromatic rings. The van der Waals surface area contributed by atoms with Crippen LogP contribution in [0, 0.1) is 17.0 Å². The number of rotatable bonds is 6. The topological polar surface area (TPSA) is 123 Å². The summed E-state index contributed by atoms with van der Waals surface area (Å²) < 4.78 is 5.16. The van der Waals surface area contributed by atoms with Crippen LogP contribution in [-0.4, -0.2) is 30.4 Å². The average Bonchev–Trinajstić information content (AvgIpc) is 2.64. The van der Waals surface area contributed by atoms with Crippen LogP contribution in [0.3, 0.4) is 0 Å². The summed E-state index contributed by atoms with van der Waals surface area (Å²) in [6.07, 6.45) is 0. The van der Waals surface area contributed by atoms with Crippen molar-refractivity contribution in [2.75, 3.05) is 19.0 Å². The van der Waals surface area contributed by atoms with Gasteiger partial charge < -0.3 is 10.1 Å². The van der Waals surface area contributed by atoms with E-state index in [1.807, 2.05) is 0 Å². The second-order valence-electron chi connectivity index (χ2n) is 5.31. The first kappa shape index (κ1) is 18.7. The molecule has 0 aliphatic carbocycles. The van der Waals surface area contributed by atoms with E-state index in [0.29, 0.717) is 17.0 Å². The summed E-state index contributed by atoms with van der Waals surface area (Å²) in [7, 11) is 1.52. The number of amides is 2. The second kappa shape index (κ2) is 8.47. The minimum absolute atomic E-state index is 0.0772. The minimum Gasteiger partial charge on any atom is -0.495 e. The van der Waals surface area contributed by atoms with Crippen LogP contribution in [-0.2, 0) is 4.79 Å². The van der Waals surface area contributed by atoms with Gasteiger partial charge in [-0.2, -0.15) is 0 Å². The maximum atomic E-state index is 12.0. The first-order valence-corrected chi connectivity index (χ1v) is 7.63. The van der Waals surface area contributed by atoms with Gasteiger partial charge >= 0.3 is 0 Å². The van der Waals surface area contributed by atoms with Gasteiger partial charge in [-0.15, -0.1) is 0 Å². The number of nitrogens with zero attached hydrogens (tertiary/aromatic N) is 1. The number of anilines is 1. The largest absolute Gasteiger partial charge is 0.495 e. The molecule has 0 atom stereocenters. The van der Waals surface area contributed by atoms with E-state index in [-0.39, 0.29) is 17.8 Å². The molecule has 2 aromatic carbocycles. The third-order valence-corrected chi connectivity index (χ3v) is 3.52. The molecule has 136 valence electrons. The zero-order chi connectivity index (χ0) is 19.1. The summed E-state index contributed by atoms with van der Waals surface area (Å²) in [5.74, 6) is -0.456. The standard InChI is InChI=1S/C17H18N4O5/c1-11-9-12(7-8-14(11)21(24)25)17(23)20-19-16(22)10-18-13-5-3-4-6-15(13)26-2/h3-9,18H,10H2,1-2H3,(H,19,22)(H,20,23). The summed E-state index contributed by atoms with van der Waals surface area (Å²) in [5, 5.41) is 13.7. The summed E-state index contributed by atoms with van der Waals surface area (Å²) in [6.45, 7) is 1.45. The normalized spacial score (nSPS) is 9.92. The Labute approximate surface area is 149 Å². The molecule has 0 aromatic heterocycles. The van der Waals surface area contributed by atoms with Crippen molar-refractivity contribution in [3.05, 3.63) is 63.7 Å². The highest BCUT2D eigenvalue weighted by Crippen LogP contribution is 2.22. The van der Waals surface area contributed by atoms with Gasteiger partial charge in [0.1, 0.15) is 5.75 Å². The Hall–Kier alpha value is -3.62. The summed E-state index contributed by atoms with van der Waals surface area (Å²) in [5.41, 5.74) is 5.65. The van der Waals surface area contributed by atoms with Gasteiger partial charge in [0.2, 0.25) is 0 Å². The predicted molar refractivity (Wildman–Crippen MR) is 94.9 cm³/mol. The molecule has 9 nitrogen and oxygen atoms in total. The molecule has 2 amide bonds. The van der Waals surface area contributed by atoms with E-state index in [0.717, 1.165) is 0 Å². The van der Waals surface area contributed by atoms with Crippen molar-refractivity contribution in [3.8, 4) is 5.75 Å². The Bertz CT molecular complexity index is 838. The summed E-state index contributed by atoms with van der Waals surface area (Å²) >= 11 is 0.